The number of benzene rings is 1. The minimum atomic E-state index is -0.325. The molecule has 0 unspecified atom stereocenters. The van der Waals surface area contributed by atoms with Crippen LogP contribution < -0.4 is 4.90 Å². The predicted octanol–water partition coefficient (Wildman–Crippen LogP) is 4.56. The molecule has 4 aromatic heterocycles. The van der Waals surface area contributed by atoms with Crippen LogP contribution in [0.3, 0.4) is 0 Å². The summed E-state index contributed by atoms with van der Waals surface area (Å²) < 4.78 is 0. The van der Waals surface area contributed by atoms with Gasteiger partial charge >= 0.3 is 0 Å². The number of H-pyrrole nitrogens is 1. The third-order valence-corrected chi connectivity index (χ3v) is 7.27. The van der Waals surface area contributed by atoms with Crippen molar-refractivity contribution >= 4 is 38.7 Å². The van der Waals surface area contributed by atoms with E-state index < -0.39 is 0 Å². The van der Waals surface area contributed by atoms with Crippen LogP contribution in [0, 0.1) is 0 Å². The Bertz CT molecular complexity index is 1520. The average molecular weight is 437 g/mol. The van der Waals surface area contributed by atoms with Gasteiger partial charge in [0.15, 0.2) is 5.82 Å². The molecule has 7 rings (SSSR count). The van der Waals surface area contributed by atoms with Crippen molar-refractivity contribution in [3.63, 3.8) is 0 Å². The number of pyridine rings is 2. The van der Waals surface area contributed by atoms with Gasteiger partial charge in [-0.25, -0.2) is 15.0 Å². The van der Waals surface area contributed by atoms with E-state index >= 15 is 0 Å². The standard InChI is InChI=1S/C26H24N6O/c33-16-9-11-32(14-16)26-23-19(15-4-3-5-15)12-27-13-21(23)30-24(31-26)18-8-10-28-25-22(18)17-6-1-2-7-20(17)29-25/h1-2,6-8,10,12-13,15-16,33H,3-5,9,11,14H2,(H,28,29)/t16-/m0/s1. The van der Waals surface area contributed by atoms with Crippen molar-refractivity contribution < 1.29 is 5.11 Å². The van der Waals surface area contributed by atoms with Gasteiger partial charge in [0.1, 0.15) is 11.5 Å². The molecule has 33 heavy (non-hydrogen) atoms. The maximum Gasteiger partial charge on any atom is 0.163 e. The highest BCUT2D eigenvalue weighted by Gasteiger charge is 2.29. The maximum absolute atomic E-state index is 10.3. The van der Waals surface area contributed by atoms with E-state index in [4.69, 9.17) is 9.97 Å². The zero-order chi connectivity index (χ0) is 21.9. The molecule has 7 nitrogen and oxygen atoms in total. The van der Waals surface area contributed by atoms with Crippen LogP contribution in [0.15, 0.2) is 48.9 Å². The van der Waals surface area contributed by atoms with Crippen LogP contribution in [0.2, 0.25) is 0 Å². The number of β-amino-alcohol motifs (C(OH)–C–C–N with tert-alkyl or cyclic N) is 1. The first kappa shape index (κ1) is 18.9. The van der Waals surface area contributed by atoms with Crippen molar-refractivity contribution in [2.75, 3.05) is 18.0 Å². The Labute approximate surface area is 190 Å². The Hall–Kier alpha value is -3.58. The Morgan fingerprint density at radius 2 is 1.91 bits per heavy atom. The van der Waals surface area contributed by atoms with Crippen LogP contribution in [0.5, 0.6) is 0 Å². The number of para-hydroxylation sites is 1. The van der Waals surface area contributed by atoms with Crippen LogP contribution in [0.25, 0.3) is 44.2 Å². The molecule has 1 saturated carbocycles. The highest BCUT2D eigenvalue weighted by atomic mass is 16.3. The fraction of sp³-hybridized carbons (Fsp3) is 0.308. The average Bonchev–Trinajstić information content (AvgIpc) is 3.40. The Kier molecular flexibility index (Phi) is 4.14. The summed E-state index contributed by atoms with van der Waals surface area (Å²) in [5.41, 5.74) is 4.94. The molecule has 0 radical (unpaired) electrons. The van der Waals surface area contributed by atoms with Crippen molar-refractivity contribution in [2.24, 2.45) is 0 Å². The van der Waals surface area contributed by atoms with Crippen LogP contribution in [0.1, 0.15) is 37.2 Å². The summed E-state index contributed by atoms with van der Waals surface area (Å²) in [6, 6.07) is 10.2. The van der Waals surface area contributed by atoms with Crippen molar-refractivity contribution in [3.8, 4) is 11.4 Å². The normalized spacial score (nSPS) is 19.1. The molecule has 5 aromatic rings. The van der Waals surface area contributed by atoms with Crippen LogP contribution in [-0.4, -0.2) is 49.2 Å². The lowest BCUT2D eigenvalue weighted by molar-refractivity contribution is 0.198. The van der Waals surface area contributed by atoms with Gasteiger partial charge in [0, 0.05) is 52.7 Å². The first-order valence-electron chi connectivity index (χ1n) is 11.7. The van der Waals surface area contributed by atoms with Crippen molar-refractivity contribution in [3.05, 3.63) is 54.5 Å². The summed E-state index contributed by atoms with van der Waals surface area (Å²) in [5, 5.41) is 13.5. The fourth-order valence-electron chi connectivity index (χ4n) is 5.35. The molecule has 2 N–H and O–H groups in total. The molecular formula is C26H24N6O. The summed E-state index contributed by atoms with van der Waals surface area (Å²) in [4.78, 5) is 24.9. The maximum atomic E-state index is 10.3. The molecule has 1 aliphatic carbocycles. The van der Waals surface area contributed by atoms with Crippen LogP contribution in [-0.2, 0) is 0 Å². The number of nitrogens with zero attached hydrogens (tertiary/aromatic N) is 5. The van der Waals surface area contributed by atoms with Gasteiger partial charge in [0.05, 0.1) is 17.8 Å². The number of aliphatic hydroxyl groups is 1. The van der Waals surface area contributed by atoms with E-state index in [1.807, 2.05) is 36.8 Å². The van der Waals surface area contributed by atoms with Gasteiger partial charge in [-0.15, -0.1) is 0 Å². The van der Waals surface area contributed by atoms with E-state index in [0.29, 0.717) is 18.3 Å². The third-order valence-electron chi connectivity index (χ3n) is 7.27. The zero-order valence-electron chi connectivity index (χ0n) is 18.2. The molecule has 1 saturated heterocycles. The number of aromatic amines is 1. The van der Waals surface area contributed by atoms with Crippen LogP contribution >= 0.6 is 0 Å². The second kappa shape index (κ2) is 7.22. The molecule has 1 aromatic carbocycles. The number of nitrogens with one attached hydrogen (secondary N) is 1. The monoisotopic (exact) mass is 436 g/mol. The molecule has 2 aliphatic rings. The highest BCUT2D eigenvalue weighted by molar-refractivity contribution is 6.12. The van der Waals surface area contributed by atoms with Gasteiger partial charge in [-0.1, -0.05) is 24.6 Å². The molecular weight excluding hydrogens is 412 g/mol. The summed E-state index contributed by atoms with van der Waals surface area (Å²) >= 11 is 0. The van der Waals surface area contributed by atoms with Crippen molar-refractivity contribution in [1.82, 2.24) is 24.9 Å². The number of aliphatic hydroxyl groups excluding tert-OH is 1. The van der Waals surface area contributed by atoms with E-state index in [-0.39, 0.29) is 6.10 Å². The number of hydrogen-bond donors (Lipinski definition) is 2. The first-order chi connectivity index (χ1) is 16.3. The molecule has 5 heterocycles. The number of anilines is 1. The number of aromatic nitrogens is 5. The van der Waals surface area contributed by atoms with Gasteiger partial charge in [-0.3, -0.25) is 4.98 Å². The Morgan fingerprint density at radius 3 is 2.73 bits per heavy atom. The third kappa shape index (κ3) is 2.92. The van der Waals surface area contributed by atoms with E-state index in [1.54, 1.807) is 0 Å². The molecule has 0 bridgehead atoms. The molecule has 7 heteroatoms. The van der Waals surface area contributed by atoms with Gasteiger partial charge < -0.3 is 15.0 Å². The highest BCUT2D eigenvalue weighted by Crippen LogP contribution is 2.43. The zero-order valence-corrected chi connectivity index (χ0v) is 18.2. The topological polar surface area (TPSA) is 90.8 Å². The number of fused-ring (bicyclic) bond motifs is 4. The first-order valence-corrected chi connectivity index (χ1v) is 11.7. The predicted molar refractivity (Wildman–Crippen MR) is 129 cm³/mol. The van der Waals surface area contributed by atoms with E-state index in [9.17, 15) is 5.11 Å². The number of rotatable bonds is 3. The summed E-state index contributed by atoms with van der Waals surface area (Å²) in [6.07, 6.45) is 9.72. The van der Waals surface area contributed by atoms with Crippen molar-refractivity contribution in [1.29, 1.82) is 0 Å². The fourth-order valence-corrected chi connectivity index (χ4v) is 5.35. The van der Waals surface area contributed by atoms with E-state index in [2.05, 4.69) is 32.0 Å². The second-order valence-electron chi connectivity index (χ2n) is 9.26. The molecule has 164 valence electrons. The minimum absolute atomic E-state index is 0.325. The molecule has 1 atom stereocenters. The Morgan fingerprint density at radius 1 is 1.00 bits per heavy atom. The van der Waals surface area contributed by atoms with Gasteiger partial charge in [-0.05, 0) is 42.9 Å². The summed E-state index contributed by atoms with van der Waals surface area (Å²) in [6.45, 7) is 1.38. The van der Waals surface area contributed by atoms with Crippen LogP contribution in [0.4, 0.5) is 5.82 Å². The lowest BCUT2D eigenvalue weighted by Crippen LogP contribution is -2.24. The van der Waals surface area contributed by atoms with Crippen molar-refractivity contribution in [2.45, 2.75) is 37.7 Å². The smallest absolute Gasteiger partial charge is 0.163 e. The van der Waals surface area contributed by atoms with Gasteiger partial charge in [0.25, 0.3) is 0 Å². The van der Waals surface area contributed by atoms with E-state index in [1.165, 1.54) is 24.8 Å². The minimum Gasteiger partial charge on any atom is -0.391 e. The molecule has 0 spiro atoms. The van der Waals surface area contributed by atoms with E-state index in [0.717, 1.165) is 57.2 Å². The summed E-state index contributed by atoms with van der Waals surface area (Å²) in [7, 11) is 0. The molecule has 1 aliphatic heterocycles. The molecule has 0 amide bonds. The lowest BCUT2D eigenvalue weighted by atomic mass is 9.79. The Balaban J connectivity index is 1.51. The molecule has 2 fully saturated rings. The quantitative estimate of drug-likeness (QED) is 0.431. The second-order valence-corrected chi connectivity index (χ2v) is 9.26. The summed E-state index contributed by atoms with van der Waals surface area (Å²) in [5.74, 6) is 2.10. The van der Waals surface area contributed by atoms with Gasteiger partial charge in [-0.2, -0.15) is 0 Å². The van der Waals surface area contributed by atoms with Gasteiger partial charge in [0.2, 0.25) is 0 Å². The largest absolute Gasteiger partial charge is 0.391 e. The SMILES string of the molecule is O[C@H]1CCN(c2nc(-c3ccnc4[nH]c5ccccc5c34)nc3cncc(C4CCC4)c23)C1. The lowest BCUT2D eigenvalue weighted by Gasteiger charge is -2.28. The number of hydrogen-bond acceptors (Lipinski definition) is 6.